The van der Waals surface area contributed by atoms with Crippen LogP contribution in [0, 0.1) is 0 Å². The first-order valence-electron chi connectivity index (χ1n) is 15.9. The molecule has 47 heavy (non-hydrogen) atoms. The highest BCUT2D eigenvalue weighted by atomic mass is 79.9. The van der Waals surface area contributed by atoms with Gasteiger partial charge in [0.05, 0.1) is 22.4 Å². The fourth-order valence-electron chi connectivity index (χ4n) is 7.29. The second-order valence-corrected chi connectivity index (χ2v) is 13.7. The fraction of sp³-hybridized carbons (Fsp3) is 0.0698. The molecule has 0 fully saturated rings. The van der Waals surface area contributed by atoms with Gasteiger partial charge >= 0.3 is 0 Å². The lowest BCUT2D eigenvalue weighted by molar-refractivity contribution is 0.661. The normalized spacial score (nSPS) is 13.2. The number of rotatable bonds is 4. The third-order valence-corrected chi connectivity index (χ3v) is 10.2. The molecule has 0 amide bonds. The molecule has 4 heteroatoms. The Morgan fingerprint density at radius 3 is 1.70 bits per heavy atom. The van der Waals surface area contributed by atoms with E-state index in [1.807, 2.05) is 12.1 Å². The van der Waals surface area contributed by atoms with Crippen LogP contribution in [0.1, 0.15) is 25.0 Å². The molecule has 0 saturated carbocycles. The summed E-state index contributed by atoms with van der Waals surface area (Å²) in [4.78, 5) is 10.5. The van der Waals surface area contributed by atoms with E-state index in [9.17, 15) is 0 Å². The van der Waals surface area contributed by atoms with Gasteiger partial charge in [0.25, 0.3) is 0 Å². The highest BCUT2D eigenvalue weighted by Crippen LogP contribution is 2.52. The fourth-order valence-corrected chi connectivity index (χ4v) is 7.65. The molecule has 0 aliphatic heterocycles. The van der Waals surface area contributed by atoms with Crippen LogP contribution in [0.15, 0.2) is 150 Å². The van der Waals surface area contributed by atoms with Crippen molar-refractivity contribution in [2.45, 2.75) is 19.3 Å². The minimum atomic E-state index is -0.158. The topological polar surface area (TPSA) is 30.7 Å². The molecule has 224 valence electrons. The van der Waals surface area contributed by atoms with Gasteiger partial charge in [0.2, 0.25) is 5.95 Å². The predicted octanol–water partition coefficient (Wildman–Crippen LogP) is 11.6. The summed E-state index contributed by atoms with van der Waals surface area (Å²) in [5, 5.41) is 2.36. The van der Waals surface area contributed by atoms with Crippen LogP contribution in [0.3, 0.4) is 0 Å². The van der Waals surface area contributed by atoms with Crippen molar-refractivity contribution < 1.29 is 0 Å². The average Bonchev–Trinajstić information content (AvgIpc) is 3.55. The molecule has 0 radical (unpaired) electrons. The van der Waals surface area contributed by atoms with E-state index < -0.39 is 0 Å². The van der Waals surface area contributed by atoms with Crippen LogP contribution in [0.2, 0.25) is 0 Å². The molecule has 2 heterocycles. The van der Waals surface area contributed by atoms with Crippen molar-refractivity contribution in [3.05, 3.63) is 161 Å². The van der Waals surface area contributed by atoms with Gasteiger partial charge in [-0.25, -0.2) is 9.97 Å². The third-order valence-electron chi connectivity index (χ3n) is 9.68. The first kappa shape index (κ1) is 27.9. The van der Waals surface area contributed by atoms with Crippen molar-refractivity contribution >= 4 is 37.7 Å². The van der Waals surface area contributed by atoms with Crippen LogP contribution < -0.4 is 0 Å². The molecule has 6 aromatic carbocycles. The Labute approximate surface area is 282 Å². The molecule has 0 bridgehead atoms. The lowest BCUT2D eigenvalue weighted by Crippen LogP contribution is -2.15. The number of benzene rings is 6. The quantitative estimate of drug-likeness (QED) is 0.187. The smallest absolute Gasteiger partial charge is 0.235 e. The molecule has 0 spiro atoms. The van der Waals surface area contributed by atoms with Crippen molar-refractivity contribution in [3.63, 3.8) is 0 Å². The van der Waals surface area contributed by atoms with Gasteiger partial charge in [0.1, 0.15) is 0 Å². The molecule has 9 rings (SSSR count). The van der Waals surface area contributed by atoms with E-state index >= 15 is 0 Å². The zero-order valence-electron chi connectivity index (χ0n) is 26.1. The minimum Gasteiger partial charge on any atom is -0.278 e. The first-order chi connectivity index (χ1) is 23.0. The van der Waals surface area contributed by atoms with Gasteiger partial charge in [-0.05, 0) is 75.8 Å². The standard InChI is InChI=1S/C43H30BrN3/c1-43(2)36-22-30(27-12-6-3-7-13-27)18-20-32(36)33-25-41-35(24-37(33)43)34-23-31(44)19-21-40(34)47(41)42-45-38(28-14-8-4-9-15-28)26-39(46-42)29-16-10-5-11-17-29/h3-26H,1-2H3. The summed E-state index contributed by atoms with van der Waals surface area (Å²) in [5.74, 6) is 0.657. The molecule has 3 nitrogen and oxygen atoms in total. The third kappa shape index (κ3) is 4.47. The molecular formula is C43H30BrN3. The number of halogens is 1. The number of nitrogens with zero attached hydrogens (tertiary/aromatic N) is 3. The van der Waals surface area contributed by atoms with E-state index in [0.29, 0.717) is 5.95 Å². The van der Waals surface area contributed by atoms with Gasteiger partial charge in [0.15, 0.2) is 0 Å². The minimum absolute atomic E-state index is 0.158. The Morgan fingerprint density at radius 2 is 1.06 bits per heavy atom. The number of hydrogen-bond donors (Lipinski definition) is 0. The molecule has 0 unspecified atom stereocenters. The Morgan fingerprint density at radius 1 is 0.489 bits per heavy atom. The summed E-state index contributed by atoms with van der Waals surface area (Å²) in [6.45, 7) is 4.71. The van der Waals surface area contributed by atoms with Crippen LogP contribution in [-0.2, 0) is 5.41 Å². The van der Waals surface area contributed by atoms with Crippen LogP contribution >= 0.6 is 15.9 Å². The molecule has 0 atom stereocenters. The maximum Gasteiger partial charge on any atom is 0.235 e. The lowest BCUT2D eigenvalue weighted by atomic mass is 9.81. The SMILES string of the molecule is CC1(C)c2cc(-c3ccccc3)ccc2-c2cc3c(cc21)c1cc(Br)ccc1n3-c1nc(-c2ccccc2)cc(-c2ccccc2)n1. The van der Waals surface area contributed by atoms with E-state index in [1.165, 1.54) is 44.2 Å². The number of aromatic nitrogens is 3. The van der Waals surface area contributed by atoms with E-state index in [2.05, 4.69) is 168 Å². The number of hydrogen-bond acceptors (Lipinski definition) is 2. The van der Waals surface area contributed by atoms with Crippen LogP contribution in [-0.4, -0.2) is 14.5 Å². The van der Waals surface area contributed by atoms with Gasteiger partial charge in [0, 0.05) is 31.8 Å². The van der Waals surface area contributed by atoms with E-state index in [0.717, 1.165) is 38.0 Å². The Hall–Kier alpha value is -5.32. The summed E-state index contributed by atoms with van der Waals surface area (Å²) in [6.07, 6.45) is 0. The zero-order chi connectivity index (χ0) is 31.7. The molecule has 8 aromatic rings. The Balaban J connectivity index is 1.33. The maximum atomic E-state index is 5.25. The molecule has 0 saturated heterocycles. The zero-order valence-corrected chi connectivity index (χ0v) is 27.7. The van der Waals surface area contributed by atoms with Crippen molar-refractivity contribution in [3.8, 4) is 50.7 Å². The van der Waals surface area contributed by atoms with Gasteiger partial charge in [-0.3, -0.25) is 4.57 Å². The second-order valence-electron chi connectivity index (χ2n) is 12.8. The van der Waals surface area contributed by atoms with Gasteiger partial charge in [-0.1, -0.05) is 133 Å². The highest BCUT2D eigenvalue weighted by molar-refractivity contribution is 9.10. The van der Waals surface area contributed by atoms with Gasteiger partial charge in [-0.2, -0.15) is 0 Å². The molecule has 2 aromatic heterocycles. The van der Waals surface area contributed by atoms with Gasteiger partial charge in [-0.15, -0.1) is 0 Å². The monoisotopic (exact) mass is 667 g/mol. The van der Waals surface area contributed by atoms with Crippen molar-refractivity contribution in [1.29, 1.82) is 0 Å². The average molecular weight is 669 g/mol. The summed E-state index contributed by atoms with van der Waals surface area (Å²) in [7, 11) is 0. The highest BCUT2D eigenvalue weighted by Gasteiger charge is 2.37. The number of fused-ring (bicyclic) bond motifs is 6. The Kier molecular flexibility index (Phi) is 6.31. The molecule has 1 aliphatic rings. The van der Waals surface area contributed by atoms with Crippen LogP contribution in [0.5, 0.6) is 0 Å². The summed E-state index contributed by atoms with van der Waals surface area (Å²) in [5.41, 5.74) is 13.6. The Bertz CT molecular complexity index is 2420. The van der Waals surface area contributed by atoms with Crippen LogP contribution in [0.4, 0.5) is 0 Å². The molecular weight excluding hydrogens is 638 g/mol. The second kappa shape index (κ2) is 10.6. The summed E-state index contributed by atoms with van der Waals surface area (Å²) in [6, 6.07) is 51.7. The van der Waals surface area contributed by atoms with Crippen LogP contribution in [0.25, 0.3) is 72.5 Å². The summed E-state index contributed by atoms with van der Waals surface area (Å²) >= 11 is 3.77. The maximum absolute atomic E-state index is 5.25. The van der Waals surface area contributed by atoms with Gasteiger partial charge < -0.3 is 0 Å². The molecule has 1 aliphatic carbocycles. The first-order valence-corrected chi connectivity index (χ1v) is 16.7. The summed E-state index contributed by atoms with van der Waals surface area (Å²) < 4.78 is 3.29. The molecule has 0 N–H and O–H groups in total. The lowest BCUT2D eigenvalue weighted by Gasteiger charge is -2.22. The van der Waals surface area contributed by atoms with Crippen molar-refractivity contribution in [2.75, 3.05) is 0 Å². The largest absolute Gasteiger partial charge is 0.278 e. The predicted molar refractivity (Wildman–Crippen MR) is 198 cm³/mol. The van der Waals surface area contributed by atoms with Crippen molar-refractivity contribution in [2.24, 2.45) is 0 Å². The van der Waals surface area contributed by atoms with Crippen molar-refractivity contribution in [1.82, 2.24) is 14.5 Å². The van der Waals surface area contributed by atoms with E-state index in [4.69, 9.17) is 9.97 Å². The van der Waals surface area contributed by atoms with E-state index in [-0.39, 0.29) is 5.41 Å². The van der Waals surface area contributed by atoms with E-state index in [1.54, 1.807) is 0 Å².